The second-order valence-corrected chi connectivity index (χ2v) is 8.54. The standard InChI is InChI=1S/C19H36N2O/c1-15(2)14-20(5)17-6-8-19(9-7-17)10-12-21(13-11-19)18(22)16(3)4/h15-17H,6-14H2,1-5H3. The van der Waals surface area contributed by atoms with E-state index in [0.29, 0.717) is 11.3 Å². The molecule has 1 amide bonds. The highest BCUT2D eigenvalue weighted by molar-refractivity contribution is 5.78. The molecule has 22 heavy (non-hydrogen) atoms. The zero-order valence-corrected chi connectivity index (χ0v) is 15.4. The zero-order chi connectivity index (χ0) is 16.3. The van der Waals surface area contributed by atoms with Crippen LogP contribution in [0.25, 0.3) is 0 Å². The number of carbonyl (C=O) groups excluding carboxylic acids is 1. The van der Waals surface area contributed by atoms with Crippen molar-refractivity contribution in [3.63, 3.8) is 0 Å². The highest BCUT2D eigenvalue weighted by Gasteiger charge is 2.39. The van der Waals surface area contributed by atoms with Crippen molar-refractivity contribution < 1.29 is 4.79 Å². The van der Waals surface area contributed by atoms with E-state index in [1.807, 2.05) is 13.8 Å². The van der Waals surface area contributed by atoms with Gasteiger partial charge in [0.15, 0.2) is 0 Å². The maximum absolute atomic E-state index is 12.1. The molecule has 0 bridgehead atoms. The van der Waals surface area contributed by atoms with Crippen LogP contribution in [0, 0.1) is 17.3 Å². The summed E-state index contributed by atoms with van der Waals surface area (Å²) < 4.78 is 0. The lowest BCUT2D eigenvalue weighted by Gasteiger charge is -2.47. The normalized spacial score (nSPS) is 23.0. The van der Waals surface area contributed by atoms with Gasteiger partial charge in [0.05, 0.1) is 0 Å². The Balaban J connectivity index is 1.81. The molecule has 1 aliphatic carbocycles. The fraction of sp³-hybridized carbons (Fsp3) is 0.947. The Morgan fingerprint density at radius 1 is 1.09 bits per heavy atom. The van der Waals surface area contributed by atoms with Crippen LogP contribution in [0.5, 0.6) is 0 Å². The molecule has 3 nitrogen and oxygen atoms in total. The predicted molar refractivity (Wildman–Crippen MR) is 92.8 cm³/mol. The van der Waals surface area contributed by atoms with E-state index in [4.69, 9.17) is 0 Å². The second kappa shape index (κ2) is 7.33. The number of nitrogens with zero attached hydrogens (tertiary/aromatic N) is 2. The minimum absolute atomic E-state index is 0.148. The van der Waals surface area contributed by atoms with Crippen molar-refractivity contribution in [1.82, 2.24) is 9.80 Å². The Kier molecular flexibility index (Phi) is 5.93. The first-order valence-corrected chi connectivity index (χ1v) is 9.32. The van der Waals surface area contributed by atoms with Gasteiger partial charge in [-0.05, 0) is 56.9 Å². The van der Waals surface area contributed by atoms with Crippen molar-refractivity contribution in [2.24, 2.45) is 17.3 Å². The van der Waals surface area contributed by atoms with Gasteiger partial charge in [-0.1, -0.05) is 27.7 Å². The minimum Gasteiger partial charge on any atom is -0.342 e. The van der Waals surface area contributed by atoms with E-state index in [0.717, 1.165) is 25.0 Å². The Hall–Kier alpha value is -0.570. The van der Waals surface area contributed by atoms with Gasteiger partial charge in [-0.25, -0.2) is 0 Å². The molecule has 1 heterocycles. The molecule has 0 unspecified atom stereocenters. The van der Waals surface area contributed by atoms with E-state index in [9.17, 15) is 4.79 Å². The molecule has 2 fully saturated rings. The molecular formula is C19H36N2O. The molecule has 1 aliphatic heterocycles. The predicted octanol–water partition coefficient (Wildman–Crippen LogP) is 3.78. The summed E-state index contributed by atoms with van der Waals surface area (Å²) in [4.78, 5) is 16.8. The van der Waals surface area contributed by atoms with Crippen LogP contribution < -0.4 is 0 Å². The Labute approximate surface area is 137 Å². The van der Waals surface area contributed by atoms with Gasteiger partial charge in [0.25, 0.3) is 0 Å². The summed E-state index contributed by atoms with van der Waals surface area (Å²) in [7, 11) is 2.30. The molecule has 0 aromatic heterocycles. The van der Waals surface area contributed by atoms with Crippen LogP contribution in [-0.4, -0.2) is 48.4 Å². The van der Waals surface area contributed by atoms with E-state index in [1.165, 1.54) is 45.1 Å². The van der Waals surface area contributed by atoms with Crippen LogP contribution in [0.2, 0.25) is 0 Å². The maximum atomic E-state index is 12.1. The molecule has 0 radical (unpaired) electrons. The van der Waals surface area contributed by atoms with Crippen LogP contribution in [0.4, 0.5) is 0 Å². The van der Waals surface area contributed by atoms with Crippen molar-refractivity contribution in [2.75, 3.05) is 26.7 Å². The van der Waals surface area contributed by atoms with Gasteiger partial charge in [0.2, 0.25) is 5.91 Å². The average Bonchev–Trinajstić information content (AvgIpc) is 2.47. The molecule has 1 saturated heterocycles. The molecule has 0 atom stereocenters. The molecule has 3 heteroatoms. The van der Waals surface area contributed by atoms with Crippen molar-refractivity contribution in [3.8, 4) is 0 Å². The van der Waals surface area contributed by atoms with Crippen molar-refractivity contribution in [2.45, 2.75) is 72.3 Å². The van der Waals surface area contributed by atoms with Crippen molar-refractivity contribution >= 4 is 5.91 Å². The highest BCUT2D eigenvalue weighted by atomic mass is 16.2. The molecule has 1 saturated carbocycles. The third-order valence-electron chi connectivity index (χ3n) is 5.92. The van der Waals surface area contributed by atoms with E-state index >= 15 is 0 Å². The first-order valence-electron chi connectivity index (χ1n) is 9.32. The smallest absolute Gasteiger partial charge is 0.225 e. The minimum atomic E-state index is 0.148. The van der Waals surface area contributed by atoms with Gasteiger partial charge in [0.1, 0.15) is 0 Å². The molecule has 0 aromatic rings. The lowest BCUT2D eigenvalue weighted by atomic mass is 9.66. The molecule has 0 aromatic carbocycles. The largest absolute Gasteiger partial charge is 0.342 e. The van der Waals surface area contributed by atoms with Gasteiger partial charge in [-0.2, -0.15) is 0 Å². The Bertz CT molecular complexity index is 360. The quantitative estimate of drug-likeness (QED) is 0.789. The van der Waals surface area contributed by atoms with Gasteiger partial charge in [-0.15, -0.1) is 0 Å². The summed E-state index contributed by atoms with van der Waals surface area (Å²) in [6.07, 6.45) is 7.88. The van der Waals surface area contributed by atoms with Crippen molar-refractivity contribution in [3.05, 3.63) is 0 Å². The first-order chi connectivity index (χ1) is 10.3. The topological polar surface area (TPSA) is 23.6 Å². The SMILES string of the molecule is CC(C)CN(C)C1CCC2(CC1)CCN(C(=O)C(C)C)CC2. The van der Waals surface area contributed by atoms with Crippen LogP contribution in [0.15, 0.2) is 0 Å². The second-order valence-electron chi connectivity index (χ2n) is 8.54. The number of hydrogen-bond donors (Lipinski definition) is 0. The van der Waals surface area contributed by atoms with Crippen LogP contribution in [-0.2, 0) is 4.79 Å². The molecule has 0 N–H and O–H groups in total. The van der Waals surface area contributed by atoms with Crippen LogP contribution >= 0.6 is 0 Å². The number of hydrogen-bond acceptors (Lipinski definition) is 2. The third-order valence-corrected chi connectivity index (χ3v) is 5.92. The summed E-state index contributed by atoms with van der Waals surface area (Å²) >= 11 is 0. The zero-order valence-electron chi connectivity index (χ0n) is 15.4. The molecule has 2 aliphatic rings. The summed E-state index contributed by atoms with van der Waals surface area (Å²) in [6, 6.07) is 0.781. The number of rotatable bonds is 4. The van der Waals surface area contributed by atoms with Crippen molar-refractivity contribution in [1.29, 1.82) is 0 Å². The maximum Gasteiger partial charge on any atom is 0.225 e. The number of carbonyl (C=O) groups is 1. The van der Waals surface area contributed by atoms with Gasteiger partial charge < -0.3 is 9.80 Å². The number of likely N-dealkylation sites (tertiary alicyclic amines) is 1. The van der Waals surface area contributed by atoms with E-state index in [2.05, 4.69) is 30.7 Å². The molecular weight excluding hydrogens is 272 g/mol. The highest BCUT2D eigenvalue weighted by Crippen LogP contribution is 2.45. The fourth-order valence-corrected chi connectivity index (χ4v) is 4.45. The summed E-state index contributed by atoms with van der Waals surface area (Å²) in [5.41, 5.74) is 0.545. The monoisotopic (exact) mass is 308 g/mol. The van der Waals surface area contributed by atoms with Crippen LogP contribution in [0.3, 0.4) is 0 Å². The lowest BCUT2D eigenvalue weighted by Crippen LogP contribution is -2.47. The number of piperidine rings is 1. The van der Waals surface area contributed by atoms with Gasteiger partial charge in [0, 0.05) is 31.6 Å². The van der Waals surface area contributed by atoms with E-state index < -0.39 is 0 Å². The Morgan fingerprint density at radius 3 is 2.09 bits per heavy atom. The first kappa shape index (κ1) is 17.8. The molecule has 2 rings (SSSR count). The lowest BCUT2D eigenvalue weighted by molar-refractivity contribution is -0.137. The summed E-state index contributed by atoms with van der Waals surface area (Å²) in [5.74, 6) is 1.25. The number of amides is 1. The summed E-state index contributed by atoms with van der Waals surface area (Å²) in [6.45, 7) is 11.8. The van der Waals surface area contributed by atoms with Crippen LogP contribution in [0.1, 0.15) is 66.2 Å². The fourth-order valence-electron chi connectivity index (χ4n) is 4.45. The van der Waals surface area contributed by atoms with Gasteiger partial charge in [-0.3, -0.25) is 4.79 Å². The van der Waals surface area contributed by atoms with E-state index in [-0.39, 0.29) is 5.92 Å². The third kappa shape index (κ3) is 4.24. The molecule has 128 valence electrons. The average molecular weight is 309 g/mol. The van der Waals surface area contributed by atoms with E-state index in [1.54, 1.807) is 0 Å². The summed E-state index contributed by atoms with van der Waals surface area (Å²) in [5, 5.41) is 0. The Morgan fingerprint density at radius 2 is 1.64 bits per heavy atom. The molecule has 1 spiro atoms. The van der Waals surface area contributed by atoms with Gasteiger partial charge >= 0.3 is 0 Å².